The lowest BCUT2D eigenvalue weighted by atomic mass is 9.85. The van der Waals surface area contributed by atoms with Gasteiger partial charge >= 0.3 is 11.9 Å². The van der Waals surface area contributed by atoms with Crippen molar-refractivity contribution in [3.63, 3.8) is 0 Å². The van der Waals surface area contributed by atoms with Crippen molar-refractivity contribution in [1.29, 1.82) is 0 Å². The SMILES string of the molecule is CC=C1CC(C)C(C)(O)C(=O)OC[C@H]2CCN3CC[C@@H](OC1=O)[C@H]23. The Labute approximate surface area is 142 Å². The molecule has 0 radical (unpaired) electrons. The van der Waals surface area contributed by atoms with Crippen molar-refractivity contribution in [1.82, 2.24) is 4.90 Å². The van der Waals surface area contributed by atoms with E-state index in [1.807, 2.05) is 0 Å². The van der Waals surface area contributed by atoms with Gasteiger partial charge in [0.2, 0.25) is 0 Å². The summed E-state index contributed by atoms with van der Waals surface area (Å²) in [5, 5.41) is 10.6. The molecule has 6 nitrogen and oxygen atoms in total. The van der Waals surface area contributed by atoms with Crippen LogP contribution in [0.1, 0.15) is 40.0 Å². The van der Waals surface area contributed by atoms with Gasteiger partial charge in [-0.25, -0.2) is 9.59 Å². The average Bonchev–Trinajstić information content (AvgIpc) is 3.12. The number of esters is 2. The van der Waals surface area contributed by atoms with Gasteiger partial charge in [0.05, 0.1) is 12.6 Å². The van der Waals surface area contributed by atoms with E-state index in [-0.39, 0.29) is 37.1 Å². The van der Waals surface area contributed by atoms with E-state index in [1.165, 1.54) is 6.92 Å². The molecule has 3 aliphatic rings. The Hall–Kier alpha value is -1.40. The van der Waals surface area contributed by atoms with Crippen molar-refractivity contribution in [3.8, 4) is 0 Å². The minimum Gasteiger partial charge on any atom is -0.463 e. The summed E-state index contributed by atoms with van der Waals surface area (Å²) in [6.07, 6.45) is 3.59. The maximum absolute atomic E-state index is 12.6. The molecule has 0 spiro atoms. The molecule has 3 fully saturated rings. The van der Waals surface area contributed by atoms with Gasteiger partial charge in [-0.3, -0.25) is 4.90 Å². The fraction of sp³-hybridized carbons (Fsp3) is 0.778. The van der Waals surface area contributed by atoms with Crippen molar-refractivity contribution in [2.45, 2.75) is 57.8 Å². The first-order chi connectivity index (χ1) is 11.3. The topological polar surface area (TPSA) is 76.1 Å². The third-order valence-corrected chi connectivity index (χ3v) is 5.97. The number of hydrogen-bond donors (Lipinski definition) is 1. The molecule has 0 aromatic heterocycles. The molecule has 0 amide bonds. The van der Waals surface area contributed by atoms with E-state index >= 15 is 0 Å². The minimum atomic E-state index is -1.62. The highest BCUT2D eigenvalue weighted by atomic mass is 16.6. The molecule has 3 saturated heterocycles. The Morgan fingerprint density at radius 1 is 1.29 bits per heavy atom. The van der Waals surface area contributed by atoms with Gasteiger partial charge < -0.3 is 14.6 Å². The van der Waals surface area contributed by atoms with E-state index in [4.69, 9.17) is 9.47 Å². The summed E-state index contributed by atoms with van der Waals surface area (Å²) in [5.41, 5.74) is -1.12. The summed E-state index contributed by atoms with van der Waals surface area (Å²) in [5.74, 6) is -1.23. The number of cyclic esters (lactones) is 1. The largest absolute Gasteiger partial charge is 0.463 e. The van der Waals surface area contributed by atoms with Gasteiger partial charge in [0.15, 0.2) is 5.60 Å². The Kier molecular flexibility index (Phi) is 4.71. The van der Waals surface area contributed by atoms with Crippen molar-refractivity contribution in [3.05, 3.63) is 11.6 Å². The lowest BCUT2D eigenvalue weighted by molar-refractivity contribution is -0.172. The van der Waals surface area contributed by atoms with E-state index in [0.29, 0.717) is 5.57 Å². The van der Waals surface area contributed by atoms with Crippen LogP contribution >= 0.6 is 0 Å². The molecule has 6 heteroatoms. The van der Waals surface area contributed by atoms with E-state index in [2.05, 4.69) is 4.90 Å². The summed E-state index contributed by atoms with van der Waals surface area (Å²) in [6, 6.07) is 0.113. The summed E-state index contributed by atoms with van der Waals surface area (Å²) >= 11 is 0. The summed E-state index contributed by atoms with van der Waals surface area (Å²) in [4.78, 5) is 27.3. The van der Waals surface area contributed by atoms with Gasteiger partial charge in [-0.1, -0.05) is 13.0 Å². The Bertz CT molecular complexity index is 556. The number of aliphatic hydroxyl groups is 1. The molecule has 1 N–H and O–H groups in total. The lowest BCUT2D eigenvalue weighted by Gasteiger charge is -2.32. The number of carbonyl (C=O) groups is 2. The van der Waals surface area contributed by atoms with Crippen LogP contribution < -0.4 is 0 Å². The van der Waals surface area contributed by atoms with Crippen LogP contribution in [-0.4, -0.2) is 59.4 Å². The van der Waals surface area contributed by atoms with Gasteiger partial charge in [0, 0.05) is 18.0 Å². The fourth-order valence-electron chi connectivity index (χ4n) is 4.11. The van der Waals surface area contributed by atoms with Gasteiger partial charge in [-0.05, 0) is 45.6 Å². The first kappa shape index (κ1) is 17.4. The monoisotopic (exact) mass is 337 g/mol. The van der Waals surface area contributed by atoms with E-state index in [1.54, 1.807) is 19.9 Å². The number of carbonyl (C=O) groups excluding carboxylic acids is 2. The molecule has 5 atom stereocenters. The highest BCUT2D eigenvalue weighted by Crippen LogP contribution is 2.36. The molecular formula is C18H27NO5. The molecule has 0 bridgehead atoms. The van der Waals surface area contributed by atoms with E-state index in [9.17, 15) is 14.7 Å². The maximum atomic E-state index is 12.6. The van der Waals surface area contributed by atoms with Crippen LogP contribution in [0.15, 0.2) is 11.6 Å². The van der Waals surface area contributed by atoms with Crippen LogP contribution in [-0.2, 0) is 19.1 Å². The number of rotatable bonds is 0. The molecule has 0 aromatic rings. The van der Waals surface area contributed by atoms with Crippen LogP contribution in [0.4, 0.5) is 0 Å². The molecule has 3 aliphatic heterocycles. The van der Waals surface area contributed by atoms with Gasteiger partial charge in [0.1, 0.15) is 6.10 Å². The van der Waals surface area contributed by atoms with Crippen molar-refractivity contribution >= 4 is 11.9 Å². The normalized spacial score (nSPS) is 42.9. The summed E-state index contributed by atoms with van der Waals surface area (Å²) < 4.78 is 11.3. The zero-order valence-electron chi connectivity index (χ0n) is 14.7. The Balaban J connectivity index is 1.89. The van der Waals surface area contributed by atoms with Crippen LogP contribution in [0.3, 0.4) is 0 Å². The number of allylic oxidation sites excluding steroid dienone is 1. The predicted octanol–water partition coefficient (Wildman–Crippen LogP) is 1.27. The van der Waals surface area contributed by atoms with Gasteiger partial charge in [-0.15, -0.1) is 0 Å². The third kappa shape index (κ3) is 2.97. The number of ether oxygens (including phenoxy) is 2. The minimum absolute atomic E-state index is 0.113. The first-order valence-electron chi connectivity index (χ1n) is 8.84. The number of hydrogen-bond acceptors (Lipinski definition) is 6. The molecule has 0 saturated carbocycles. The van der Waals surface area contributed by atoms with Gasteiger partial charge in [-0.2, -0.15) is 0 Å². The van der Waals surface area contributed by atoms with E-state index in [0.717, 1.165) is 25.9 Å². The fourth-order valence-corrected chi connectivity index (χ4v) is 4.11. The smallest absolute Gasteiger partial charge is 0.338 e. The quantitative estimate of drug-likeness (QED) is 0.530. The molecule has 0 aromatic carbocycles. The molecule has 24 heavy (non-hydrogen) atoms. The van der Waals surface area contributed by atoms with Crippen molar-refractivity contribution < 1.29 is 24.2 Å². The second kappa shape index (κ2) is 6.48. The molecular weight excluding hydrogens is 310 g/mol. The zero-order valence-corrected chi connectivity index (χ0v) is 14.7. The molecule has 3 rings (SSSR count). The lowest BCUT2D eigenvalue weighted by Crippen LogP contribution is -2.46. The highest BCUT2D eigenvalue weighted by molar-refractivity contribution is 5.89. The standard InChI is InChI=1S/C18H27NO5/c1-4-12-9-11(2)18(3,22)17(21)23-10-13-5-7-19-8-6-14(15(13)19)24-16(12)20/h4,11,13-15,22H,5-10H2,1-3H3/t11?,13-,14-,15+,18?/m1/s1. The maximum Gasteiger partial charge on any atom is 0.338 e. The second-order valence-electron chi connectivity index (χ2n) is 7.47. The van der Waals surface area contributed by atoms with Crippen LogP contribution in [0.2, 0.25) is 0 Å². The predicted molar refractivity (Wildman–Crippen MR) is 87.1 cm³/mol. The van der Waals surface area contributed by atoms with Gasteiger partial charge in [0.25, 0.3) is 0 Å². The number of nitrogens with zero attached hydrogens (tertiary/aromatic N) is 1. The summed E-state index contributed by atoms with van der Waals surface area (Å²) in [6.45, 7) is 7.11. The zero-order chi connectivity index (χ0) is 17.5. The Morgan fingerprint density at radius 3 is 2.71 bits per heavy atom. The average molecular weight is 337 g/mol. The van der Waals surface area contributed by atoms with Crippen molar-refractivity contribution in [2.75, 3.05) is 19.7 Å². The third-order valence-electron chi connectivity index (χ3n) is 5.97. The second-order valence-corrected chi connectivity index (χ2v) is 7.47. The molecule has 2 unspecified atom stereocenters. The van der Waals surface area contributed by atoms with Crippen LogP contribution in [0.25, 0.3) is 0 Å². The highest BCUT2D eigenvalue weighted by Gasteiger charge is 2.48. The van der Waals surface area contributed by atoms with Crippen molar-refractivity contribution in [2.24, 2.45) is 11.8 Å². The summed E-state index contributed by atoms with van der Waals surface area (Å²) in [7, 11) is 0. The molecule has 0 aliphatic carbocycles. The first-order valence-corrected chi connectivity index (χ1v) is 8.84. The molecule has 134 valence electrons. The van der Waals surface area contributed by atoms with Crippen LogP contribution in [0, 0.1) is 11.8 Å². The molecule has 3 heterocycles. The van der Waals surface area contributed by atoms with E-state index < -0.39 is 17.5 Å². The Morgan fingerprint density at radius 2 is 2.00 bits per heavy atom. The van der Waals surface area contributed by atoms with Crippen LogP contribution in [0.5, 0.6) is 0 Å².